The molecule has 0 aliphatic rings. The van der Waals surface area contributed by atoms with E-state index in [0.29, 0.717) is 16.8 Å². The molecule has 0 bridgehead atoms. The number of aromatic nitrogens is 1. The molecule has 4 heteroatoms. The fourth-order valence-electron chi connectivity index (χ4n) is 2.04. The number of rotatable bonds is 3. The van der Waals surface area contributed by atoms with Crippen LogP contribution < -0.4 is 4.74 Å². The van der Waals surface area contributed by atoms with Crippen LogP contribution in [0.15, 0.2) is 52.9 Å². The highest BCUT2D eigenvalue weighted by Gasteiger charge is 2.14. The lowest BCUT2D eigenvalue weighted by molar-refractivity contribution is 0.415. The second kappa shape index (κ2) is 5.62. The molecule has 3 rings (SSSR count). The smallest absolute Gasteiger partial charge is 0.228 e. The maximum absolute atomic E-state index is 6.20. The van der Waals surface area contributed by atoms with Gasteiger partial charge in [-0.15, -0.1) is 0 Å². The van der Waals surface area contributed by atoms with Gasteiger partial charge in [0, 0.05) is 11.1 Å². The van der Waals surface area contributed by atoms with Gasteiger partial charge in [-0.3, -0.25) is 0 Å². The van der Waals surface area contributed by atoms with Crippen molar-refractivity contribution >= 4 is 11.6 Å². The molecule has 0 amide bonds. The van der Waals surface area contributed by atoms with Gasteiger partial charge in [-0.1, -0.05) is 29.3 Å². The Kier molecular flexibility index (Phi) is 3.67. The molecule has 2 aromatic carbocycles. The molecular formula is C17H14ClNO2. The number of methoxy groups -OCH3 is 1. The highest BCUT2D eigenvalue weighted by atomic mass is 35.5. The Balaban J connectivity index is 1.98. The van der Waals surface area contributed by atoms with Crippen molar-refractivity contribution in [3.63, 3.8) is 0 Å². The van der Waals surface area contributed by atoms with E-state index >= 15 is 0 Å². The van der Waals surface area contributed by atoms with Crippen LogP contribution in [0.2, 0.25) is 5.15 Å². The van der Waals surface area contributed by atoms with Crippen LogP contribution in [-0.2, 0) is 0 Å². The molecule has 106 valence electrons. The summed E-state index contributed by atoms with van der Waals surface area (Å²) >= 11 is 6.20. The third-order valence-electron chi connectivity index (χ3n) is 3.24. The average Bonchev–Trinajstić information content (AvgIpc) is 2.90. The lowest BCUT2D eigenvalue weighted by atomic mass is 10.1. The maximum Gasteiger partial charge on any atom is 0.228 e. The number of hydrogen-bond donors (Lipinski definition) is 0. The predicted octanol–water partition coefficient (Wildman–Crippen LogP) is 4.98. The minimum atomic E-state index is 0.357. The van der Waals surface area contributed by atoms with Crippen molar-refractivity contribution in [3.8, 4) is 28.5 Å². The summed E-state index contributed by atoms with van der Waals surface area (Å²) in [7, 11) is 1.63. The van der Waals surface area contributed by atoms with Crippen LogP contribution in [0.25, 0.3) is 22.8 Å². The number of ether oxygens (including phenoxy) is 1. The normalized spacial score (nSPS) is 10.6. The zero-order valence-electron chi connectivity index (χ0n) is 11.8. The molecule has 0 N–H and O–H groups in total. The molecule has 0 radical (unpaired) electrons. The zero-order valence-corrected chi connectivity index (χ0v) is 12.5. The summed E-state index contributed by atoms with van der Waals surface area (Å²) < 4.78 is 11.0. The van der Waals surface area contributed by atoms with Crippen molar-refractivity contribution in [1.29, 1.82) is 0 Å². The van der Waals surface area contributed by atoms with Crippen LogP contribution in [0.1, 0.15) is 5.56 Å². The van der Waals surface area contributed by atoms with Gasteiger partial charge in [-0.05, 0) is 43.3 Å². The fourth-order valence-corrected chi connectivity index (χ4v) is 2.27. The van der Waals surface area contributed by atoms with Crippen LogP contribution >= 0.6 is 11.6 Å². The minimum absolute atomic E-state index is 0.357. The molecule has 0 unspecified atom stereocenters. The van der Waals surface area contributed by atoms with Gasteiger partial charge in [0.2, 0.25) is 5.89 Å². The van der Waals surface area contributed by atoms with Gasteiger partial charge in [0.05, 0.1) is 7.11 Å². The van der Waals surface area contributed by atoms with Crippen LogP contribution in [0.3, 0.4) is 0 Å². The summed E-state index contributed by atoms with van der Waals surface area (Å²) in [5.74, 6) is 1.87. The number of halogens is 1. The van der Waals surface area contributed by atoms with Gasteiger partial charge in [-0.25, -0.2) is 0 Å². The van der Waals surface area contributed by atoms with E-state index < -0.39 is 0 Å². The third kappa shape index (κ3) is 2.78. The van der Waals surface area contributed by atoms with Gasteiger partial charge in [0.1, 0.15) is 5.75 Å². The molecule has 0 saturated heterocycles. The monoisotopic (exact) mass is 299 g/mol. The summed E-state index contributed by atoms with van der Waals surface area (Å²) in [5.41, 5.74) is 2.96. The standard InChI is InChI=1S/C17H14ClNO2/c1-11-3-5-13(6-4-11)17-19-16(18)15(21-17)12-7-9-14(20-2)10-8-12/h3-10H,1-2H3. The van der Waals surface area contributed by atoms with Gasteiger partial charge >= 0.3 is 0 Å². The summed E-state index contributed by atoms with van der Waals surface area (Å²) in [6.07, 6.45) is 0. The van der Waals surface area contributed by atoms with E-state index in [2.05, 4.69) is 4.98 Å². The van der Waals surface area contributed by atoms with Crippen LogP contribution in [0.5, 0.6) is 5.75 Å². The molecule has 0 aliphatic heterocycles. The minimum Gasteiger partial charge on any atom is -0.497 e. The van der Waals surface area contributed by atoms with E-state index in [9.17, 15) is 0 Å². The molecule has 0 saturated carbocycles. The van der Waals surface area contributed by atoms with E-state index in [1.165, 1.54) is 5.56 Å². The quantitative estimate of drug-likeness (QED) is 0.684. The summed E-state index contributed by atoms with van der Waals surface area (Å²) in [6, 6.07) is 15.5. The van der Waals surface area contributed by atoms with Gasteiger partial charge < -0.3 is 9.15 Å². The molecule has 21 heavy (non-hydrogen) atoms. The van der Waals surface area contributed by atoms with E-state index in [-0.39, 0.29) is 0 Å². The summed E-state index contributed by atoms with van der Waals surface area (Å²) in [4.78, 5) is 4.30. The number of nitrogens with zero attached hydrogens (tertiary/aromatic N) is 1. The Morgan fingerprint density at radius 2 is 1.57 bits per heavy atom. The predicted molar refractivity (Wildman–Crippen MR) is 83.7 cm³/mol. The number of benzene rings is 2. The fraction of sp³-hybridized carbons (Fsp3) is 0.118. The topological polar surface area (TPSA) is 35.3 Å². The van der Waals surface area contributed by atoms with Crippen molar-refractivity contribution in [3.05, 3.63) is 59.2 Å². The van der Waals surface area contributed by atoms with E-state index in [4.69, 9.17) is 20.8 Å². The maximum atomic E-state index is 6.20. The van der Waals surface area contributed by atoms with Crippen LogP contribution in [0.4, 0.5) is 0 Å². The second-order valence-corrected chi connectivity index (χ2v) is 5.09. The van der Waals surface area contributed by atoms with E-state index in [1.54, 1.807) is 7.11 Å². The lowest BCUT2D eigenvalue weighted by Crippen LogP contribution is -1.82. The first-order valence-corrected chi connectivity index (χ1v) is 6.93. The molecule has 3 aromatic rings. The van der Waals surface area contributed by atoms with Gasteiger partial charge in [0.25, 0.3) is 0 Å². The molecular weight excluding hydrogens is 286 g/mol. The second-order valence-electron chi connectivity index (χ2n) is 4.73. The number of aryl methyl sites for hydroxylation is 1. The average molecular weight is 300 g/mol. The third-order valence-corrected chi connectivity index (χ3v) is 3.49. The van der Waals surface area contributed by atoms with Gasteiger partial charge in [0.15, 0.2) is 10.9 Å². The highest BCUT2D eigenvalue weighted by Crippen LogP contribution is 2.33. The summed E-state index contributed by atoms with van der Waals surface area (Å²) in [6.45, 7) is 2.04. The van der Waals surface area contributed by atoms with Crippen molar-refractivity contribution in [2.75, 3.05) is 7.11 Å². The molecule has 1 heterocycles. The van der Waals surface area contributed by atoms with E-state index in [1.807, 2.05) is 55.5 Å². The van der Waals surface area contributed by atoms with Crippen molar-refractivity contribution in [2.24, 2.45) is 0 Å². The lowest BCUT2D eigenvalue weighted by Gasteiger charge is -2.01. The zero-order chi connectivity index (χ0) is 14.8. The largest absolute Gasteiger partial charge is 0.497 e. The first kappa shape index (κ1) is 13.7. The Labute approximate surface area is 128 Å². The molecule has 0 fully saturated rings. The van der Waals surface area contributed by atoms with Crippen LogP contribution in [-0.4, -0.2) is 12.1 Å². The first-order chi connectivity index (χ1) is 10.2. The van der Waals surface area contributed by atoms with Crippen molar-refractivity contribution in [1.82, 2.24) is 4.98 Å². The SMILES string of the molecule is COc1ccc(-c2oc(-c3ccc(C)cc3)nc2Cl)cc1. The van der Waals surface area contributed by atoms with Gasteiger partial charge in [-0.2, -0.15) is 4.98 Å². The Morgan fingerprint density at radius 1 is 0.952 bits per heavy atom. The van der Waals surface area contributed by atoms with Crippen molar-refractivity contribution in [2.45, 2.75) is 6.92 Å². The van der Waals surface area contributed by atoms with Crippen molar-refractivity contribution < 1.29 is 9.15 Å². The molecule has 0 spiro atoms. The molecule has 1 aromatic heterocycles. The van der Waals surface area contributed by atoms with Crippen LogP contribution in [0, 0.1) is 6.92 Å². The molecule has 0 atom stereocenters. The Bertz CT molecular complexity index is 745. The summed E-state index contributed by atoms with van der Waals surface area (Å²) in [5, 5.41) is 0.357. The molecule has 0 aliphatic carbocycles. The first-order valence-electron chi connectivity index (χ1n) is 6.55. The highest BCUT2D eigenvalue weighted by molar-refractivity contribution is 6.31. The van der Waals surface area contributed by atoms with E-state index in [0.717, 1.165) is 16.9 Å². The Morgan fingerprint density at radius 3 is 2.19 bits per heavy atom. The number of oxazole rings is 1. The number of hydrogen-bond acceptors (Lipinski definition) is 3. The molecule has 3 nitrogen and oxygen atoms in total. The Hall–Kier alpha value is -2.26.